The van der Waals surface area contributed by atoms with Crippen molar-refractivity contribution in [3.05, 3.63) is 59.2 Å². The predicted octanol–water partition coefficient (Wildman–Crippen LogP) is 3.10. The maximum atomic E-state index is 12.8. The number of nitrogens with zero attached hydrogens (tertiary/aromatic N) is 1. The highest BCUT2D eigenvalue weighted by atomic mass is 16.3. The van der Waals surface area contributed by atoms with Gasteiger partial charge in [-0.3, -0.25) is 4.79 Å². The number of piperidine rings is 1. The van der Waals surface area contributed by atoms with Crippen LogP contribution in [0.25, 0.3) is 11.1 Å². The molecule has 0 radical (unpaired) electrons. The van der Waals surface area contributed by atoms with Gasteiger partial charge in [0.15, 0.2) is 0 Å². The number of carbonyl (C=O) groups excluding carboxylic acids is 1. The summed E-state index contributed by atoms with van der Waals surface area (Å²) in [6.07, 6.45) is 2.90. The largest absolute Gasteiger partial charge is 0.396 e. The Morgan fingerprint density at radius 2 is 1.96 bits per heavy atom. The fourth-order valence-electron chi connectivity index (χ4n) is 3.86. The number of aliphatic hydroxyl groups is 1. The number of hydrogen-bond donors (Lipinski definition) is 1. The predicted molar refractivity (Wildman–Crippen MR) is 90.4 cm³/mol. The van der Waals surface area contributed by atoms with Crippen LogP contribution in [0.1, 0.15) is 34.3 Å². The lowest BCUT2D eigenvalue weighted by Gasteiger charge is -2.32. The Balaban J connectivity index is 1.59. The number of rotatable bonds is 2. The molecule has 3 nitrogen and oxygen atoms in total. The van der Waals surface area contributed by atoms with E-state index in [9.17, 15) is 9.90 Å². The lowest BCUT2D eigenvalue weighted by atomic mass is 9.97. The minimum absolute atomic E-state index is 0.0990. The molecule has 1 heterocycles. The van der Waals surface area contributed by atoms with Gasteiger partial charge in [-0.05, 0) is 59.6 Å². The molecule has 1 aliphatic carbocycles. The first-order chi connectivity index (χ1) is 11.3. The molecule has 0 saturated carbocycles. The van der Waals surface area contributed by atoms with Crippen molar-refractivity contribution >= 4 is 5.91 Å². The molecule has 1 aliphatic heterocycles. The molecular formula is C20H21NO2. The third-order valence-corrected chi connectivity index (χ3v) is 5.11. The molecule has 2 aromatic rings. The van der Waals surface area contributed by atoms with E-state index in [4.69, 9.17) is 0 Å². The summed E-state index contributed by atoms with van der Waals surface area (Å²) in [4.78, 5) is 14.7. The highest BCUT2D eigenvalue weighted by Gasteiger charge is 2.25. The van der Waals surface area contributed by atoms with Gasteiger partial charge >= 0.3 is 0 Å². The van der Waals surface area contributed by atoms with Gasteiger partial charge in [-0.2, -0.15) is 0 Å². The van der Waals surface area contributed by atoms with Crippen LogP contribution in [0.2, 0.25) is 0 Å². The summed E-state index contributed by atoms with van der Waals surface area (Å²) in [5.41, 5.74) is 5.90. The molecule has 1 atom stereocenters. The van der Waals surface area contributed by atoms with Crippen molar-refractivity contribution < 1.29 is 9.90 Å². The van der Waals surface area contributed by atoms with Gasteiger partial charge in [0.2, 0.25) is 0 Å². The molecule has 1 fully saturated rings. The molecule has 23 heavy (non-hydrogen) atoms. The van der Waals surface area contributed by atoms with Crippen LogP contribution in [0.3, 0.4) is 0 Å². The smallest absolute Gasteiger partial charge is 0.253 e. The summed E-state index contributed by atoms with van der Waals surface area (Å²) in [5, 5.41) is 9.35. The Morgan fingerprint density at radius 3 is 2.83 bits per heavy atom. The van der Waals surface area contributed by atoms with Crippen LogP contribution in [0.5, 0.6) is 0 Å². The average Bonchev–Trinajstić information content (AvgIpc) is 2.98. The third kappa shape index (κ3) is 2.55. The quantitative estimate of drug-likeness (QED) is 0.790. The zero-order valence-corrected chi connectivity index (χ0v) is 13.2. The van der Waals surface area contributed by atoms with E-state index in [1.165, 1.54) is 22.3 Å². The average molecular weight is 307 g/mol. The van der Waals surface area contributed by atoms with Crippen molar-refractivity contribution in [3.63, 3.8) is 0 Å². The van der Waals surface area contributed by atoms with E-state index in [-0.39, 0.29) is 18.4 Å². The minimum Gasteiger partial charge on any atom is -0.396 e. The first-order valence-corrected chi connectivity index (χ1v) is 8.37. The van der Waals surface area contributed by atoms with Crippen LogP contribution in [-0.4, -0.2) is 35.6 Å². The number of amides is 1. The van der Waals surface area contributed by atoms with Gasteiger partial charge < -0.3 is 10.0 Å². The number of fused-ring (bicyclic) bond motifs is 3. The monoisotopic (exact) mass is 307 g/mol. The molecule has 0 spiro atoms. The van der Waals surface area contributed by atoms with Gasteiger partial charge in [0, 0.05) is 25.3 Å². The van der Waals surface area contributed by atoms with E-state index >= 15 is 0 Å². The summed E-state index contributed by atoms with van der Waals surface area (Å²) in [5.74, 6) is 0.327. The first kappa shape index (κ1) is 14.5. The second kappa shape index (κ2) is 5.82. The maximum Gasteiger partial charge on any atom is 0.253 e. The molecule has 1 N–H and O–H groups in total. The van der Waals surface area contributed by atoms with Gasteiger partial charge in [0.25, 0.3) is 5.91 Å². The molecule has 0 bridgehead atoms. The molecular weight excluding hydrogens is 286 g/mol. The van der Waals surface area contributed by atoms with Crippen LogP contribution in [0.15, 0.2) is 42.5 Å². The molecule has 1 amide bonds. The van der Waals surface area contributed by atoms with Crippen LogP contribution < -0.4 is 0 Å². The zero-order valence-electron chi connectivity index (χ0n) is 13.2. The first-order valence-electron chi connectivity index (χ1n) is 8.37. The minimum atomic E-state index is 0.0990. The molecule has 1 unspecified atom stereocenters. The van der Waals surface area contributed by atoms with E-state index in [0.717, 1.165) is 31.4 Å². The van der Waals surface area contributed by atoms with Crippen LogP contribution in [0.4, 0.5) is 0 Å². The van der Waals surface area contributed by atoms with Gasteiger partial charge in [-0.15, -0.1) is 0 Å². The second-order valence-corrected chi connectivity index (χ2v) is 6.65. The molecule has 2 aromatic carbocycles. The Hall–Kier alpha value is -2.13. The second-order valence-electron chi connectivity index (χ2n) is 6.65. The SMILES string of the molecule is O=C(c1ccc2c(c1)Cc1ccccc1-2)N1CCCC(CO)C1. The summed E-state index contributed by atoms with van der Waals surface area (Å²) in [6.45, 7) is 1.64. The summed E-state index contributed by atoms with van der Waals surface area (Å²) >= 11 is 0. The highest BCUT2D eigenvalue weighted by Crippen LogP contribution is 2.36. The van der Waals surface area contributed by atoms with E-state index in [2.05, 4.69) is 36.4 Å². The van der Waals surface area contributed by atoms with Gasteiger partial charge in [0.1, 0.15) is 0 Å². The third-order valence-electron chi connectivity index (χ3n) is 5.11. The van der Waals surface area contributed by atoms with E-state index in [1.807, 2.05) is 11.0 Å². The van der Waals surface area contributed by atoms with E-state index < -0.39 is 0 Å². The fourth-order valence-corrected chi connectivity index (χ4v) is 3.86. The van der Waals surface area contributed by atoms with Crippen molar-refractivity contribution in [3.8, 4) is 11.1 Å². The zero-order chi connectivity index (χ0) is 15.8. The molecule has 1 saturated heterocycles. The normalized spacial score (nSPS) is 19.3. The van der Waals surface area contributed by atoms with Gasteiger partial charge in [-0.1, -0.05) is 30.3 Å². The number of aliphatic hydroxyl groups excluding tert-OH is 1. The topological polar surface area (TPSA) is 40.5 Å². The van der Waals surface area contributed by atoms with Crippen molar-refractivity contribution in [2.45, 2.75) is 19.3 Å². The summed E-state index contributed by atoms with van der Waals surface area (Å²) in [6, 6.07) is 14.5. The molecule has 118 valence electrons. The number of hydrogen-bond acceptors (Lipinski definition) is 2. The summed E-state index contributed by atoms with van der Waals surface area (Å²) < 4.78 is 0. The van der Waals surface area contributed by atoms with Crippen LogP contribution >= 0.6 is 0 Å². The Labute approximate surface area is 136 Å². The molecule has 4 rings (SSSR count). The molecule has 2 aliphatic rings. The Morgan fingerprint density at radius 1 is 1.13 bits per heavy atom. The number of likely N-dealkylation sites (tertiary alicyclic amines) is 1. The Kier molecular flexibility index (Phi) is 3.66. The number of benzene rings is 2. The summed E-state index contributed by atoms with van der Waals surface area (Å²) in [7, 11) is 0. The lowest BCUT2D eigenvalue weighted by Crippen LogP contribution is -2.40. The van der Waals surface area contributed by atoms with Crippen molar-refractivity contribution in [2.75, 3.05) is 19.7 Å². The van der Waals surface area contributed by atoms with Crippen molar-refractivity contribution in [1.82, 2.24) is 4.90 Å². The van der Waals surface area contributed by atoms with E-state index in [1.54, 1.807) is 0 Å². The van der Waals surface area contributed by atoms with E-state index in [0.29, 0.717) is 6.54 Å². The lowest BCUT2D eigenvalue weighted by molar-refractivity contribution is 0.0620. The fraction of sp³-hybridized carbons (Fsp3) is 0.350. The molecule has 3 heteroatoms. The molecule has 0 aromatic heterocycles. The highest BCUT2D eigenvalue weighted by molar-refractivity contribution is 5.95. The Bertz CT molecular complexity index is 753. The van der Waals surface area contributed by atoms with Gasteiger partial charge in [-0.25, -0.2) is 0 Å². The van der Waals surface area contributed by atoms with Crippen molar-refractivity contribution in [1.29, 1.82) is 0 Å². The number of carbonyl (C=O) groups is 1. The standard InChI is InChI=1S/C20H21NO2/c22-13-14-4-3-9-21(12-14)20(23)16-7-8-19-17(11-16)10-15-5-1-2-6-18(15)19/h1-2,5-8,11,14,22H,3-4,9-10,12-13H2. The van der Waals surface area contributed by atoms with Crippen molar-refractivity contribution in [2.24, 2.45) is 5.92 Å². The maximum absolute atomic E-state index is 12.8. The van der Waals surface area contributed by atoms with Crippen LogP contribution in [-0.2, 0) is 6.42 Å². The van der Waals surface area contributed by atoms with Crippen LogP contribution in [0, 0.1) is 5.92 Å². The van der Waals surface area contributed by atoms with Gasteiger partial charge in [0.05, 0.1) is 0 Å².